The molecule has 8 heteroatoms. The minimum absolute atomic E-state index is 0.0426. The predicted octanol–water partition coefficient (Wildman–Crippen LogP) is 2.83. The van der Waals surface area contributed by atoms with E-state index < -0.39 is 16.0 Å². The van der Waals surface area contributed by atoms with E-state index in [2.05, 4.69) is 4.72 Å². The number of carboxylic acids is 1. The van der Waals surface area contributed by atoms with Crippen molar-refractivity contribution in [2.45, 2.75) is 18.4 Å². The lowest BCUT2D eigenvalue weighted by atomic mass is 10.1. The van der Waals surface area contributed by atoms with Crippen LogP contribution in [-0.4, -0.2) is 26.6 Å². The van der Waals surface area contributed by atoms with Crippen LogP contribution in [0.15, 0.2) is 41.3 Å². The summed E-state index contributed by atoms with van der Waals surface area (Å²) in [5, 5.41) is 8.95. The van der Waals surface area contributed by atoms with E-state index in [4.69, 9.17) is 21.4 Å². The third-order valence-corrected chi connectivity index (χ3v) is 5.35. The number of nitrogens with one attached hydrogen (secondary N) is 1. The Morgan fingerprint density at radius 1 is 1.25 bits per heavy atom. The molecule has 0 amide bonds. The predicted molar refractivity (Wildman–Crippen MR) is 90.2 cm³/mol. The first-order chi connectivity index (χ1) is 11.2. The number of methoxy groups -OCH3 is 1. The molecule has 2 N–H and O–H groups in total. The van der Waals surface area contributed by atoms with E-state index in [0.29, 0.717) is 5.75 Å². The highest BCUT2D eigenvalue weighted by Crippen LogP contribution is 2.23. The van der Waals surface area contributed by atoms with E-state index in [-0.39, 0.29) is 22.0 Å². The molecule has 0 aromatic heterocycles. The van der Waals surface area contributed by atoms with Gasteiger partial charge in [-0.1, -0.05) is 17.7 Å². The van der Waals surface area contributed by atoms with Gasteiger partial charge in [0.25, 0.3) is 0 Å². The Hall–Kier alpha value is -2.09. The van der Waals surface area contributed by atoms with Crippen molar-refractivity contribution in [1.29, 1.82) is 0 Å². The molecule has 0 unspecified atom stereocenters. The second kappa shape index (κ2) is 7.21. The van der Waals surface area contributed by atoms with E-state index in [1.54, 1.807) is 25.3 Å². The molecule has 2 aromatic rings. The van der Waals surface area contributed by atoms with Crippen LogP contribution in [0.2, 0.25) is 5.02 Å². The smallest absolute Gasteiger partial charge is 0.335 e. The number of hydrogen-bond acceptors (Lipinski definition) is 4. The second-order valence-corrected chi connectivity index (χ2v) is 7.21. The Bertz CT molecular complexity index is 880. The molecule has 0 aliphatic carbocycles. The van der Waals surface area contributed by atoms with Gasteiger partial charge in [0.15, 0.2) is 0 Å². The van der Waals surface area contributed by atoms with E-state index >= 15 is 0 Å². The maximum atomic E-state index is 12.4. The quantitative estimate of drug-likeness (QED) is 0.816. The normalized spacial score (nSPS) is 11.3. The van der Waals surface area contributed by atoms with Gasteiger partial charge in [-0.25, -0.2) is 17.9 Å². The number of benzene rings is 2. The average molecular weight is 370 g/mol. The van der Waals surface area contributed by atoms with Gasteiger partial charge in [0.2, 0.25) is 10.0 Å². The zero-order chi connectivity index (χ0) is 17.9. The van der Waals surface area contributed by atoms with Gasteiger partial charge in [-0.3, -0.25) is 0 Å². The second-order valence-electron chi connectivity index (χ2n) is 5.07. The van der Waals surface area contributed by atoms with E-state index in [1.165, 1.54) is 12.1 Å². The van der Waals surface area contributed by atoms with Crippen LogP contribution >= 0.6 is 11.6 Å². The van der Waals surface area contributed by atoms with Crippen LogP contribution in [0.25, 0.3) is 0 Å². The topological polar surface area (TPSA) is 92.7 Å². The van der Waals surface area contributed by atoms with Crippen LogP contribution in [0, 0.1) is 6.92 Å². The summed E-state index contributed by atoms with van der Waals surface area (Å²) < 4.78 is 32.4. The highest BCUT2D eigenvalue weighted by atomic mass is 35.5. The standard InChI is InChI=1S/C16H16ClNO5S/c1-10-7-13(23-2)5-3-12(10)9-18-24(21,22)15-8-11(16(19)20)4-6-14(15)17/h3-8,18H,9H2,1-2H3,(H,19,20). The number of aromatic carboxylic acids is 1. The molecule has 0 radical (unpaired) electrons. The third kappa shape index (κ3) is 4.05. The number of carbonyl (C=O) groups is 1. The summed E-state index contributed by atoms with van der Waals surface area (Å²) >= 11 is 5.91. The van der Waals surface area contributed by atoms with Crippen molar-refractivity contribution in [3.05, 3.63) is 58.1 Å². The zero-order valence-electron chi connectivity index (χ0n) is 13.0. The number of rotatable bonds is 6. The van der Waals surface area contributed by atoms with E-state index in [1.807, 2.05) is 6.92 Å². The van der Waals surface area contributed by atoms with Crippen molar-refractivity contribution in [2.24, 2.45) is 0 Å². The highest BCUT2D eigenvalue weighted by molar-refractivity contribution is 7.89. The molecule has 0 spiro atoms. The summed E-state index contributed by atoms with van der Waals surface area (Å²) in [6, 6.07) is 8.81. The Balaban J connectivity index is 2.26. The van der Waals surface area contributed by atoms with Crippen molar-refractivity contribution < 1.29 is 23.1 Å². The van der Waals surface area contributed by atoms with Gasteiger partial charge in [0.05, 0.1) is 17.7 Å². The fraction of sp³-hybridized carbons (Fsp3) is 0.188. The Labute approximate surface area is 145 Å². The van der Waals surface area contributed by atoms with Crippen molar-refractivity contribution in [3.63, 3.8) is 0 Å². The van der Waals surface area contributed by atoms with E-state index in [9.17, 15) is 13.2 Å². The molecule has 128 valence electrons. The molecule has 0 atom stereocenters. The lowest BCUT2D eigenvalue weighted by Gasteiger charge is -2.11. The van der Waals surface area contributed by atoms with Crippen molar-refractivity contribution in [3.8, 4) is 5.75 Å². The first-order valence-corrected chi connectivity index (χ1v) is 8.76. The molecule has 0 saturated carbocycles. The van der Waals surface area contributed by atoms with Crippen molar-refractivity contribution >= 4 is 27.6 Å². The summed E-state index contributed by atoms with van der Waals surface area (Å²) in [7, 11) is -2.40. The number of ether oxygens (including phenoxy) is 1. The summed E-state index contributed by atoms with van der Waals surface area (Å²) in [6.07, 6.45) is 0. The molecule has 0 bridgehead atoms. The number of halogens is 1. The molecule has 6 nitrogen and oxygen atoms in total. The summed E-state index contributed by atoms with van der Waals surface area (Å²) in [5.74, 6) is -0.551. The fourth-order valence-electron chi connectivity index (χ4n) is 2.09. The minimum atomic E-state index is -3.95. The molecule has 0 saturated heterocycles. The van der Waals surface area contributed by atoms with Crippen LogP contribution in [0.3, 0.4) is 0 Å². The lowest BCUT2D eigenvalue weighted by molar-refractivity contribution is 0.0696. The first-order valence-electron chi connectivity index (χ1n) is 6.90. The minimum Gasteiger partial charge on any atom is -0.497 e. The molecule has 0 aliphatic heterocycles. The van der Waals surface area contributed by atoms with Gasteiger partial charge in [-0.15, -0.1) is 0 Å². The summed E-state index contributed by atoms with van der Waals surface area (Å²) in [6.45, 7) is 1.88. The maximum Gasteiger partial charge on any atom is 0.335 e. The largest absolute Gasteiger partial charge is 0.497 e. The lowest BCUT2D eigenvalue weighted by Crippen LogP contribution is -2.24. The molecule has 24 heavy (non-hydrogen) atoms. The SMILES string of the molecule is COc1ccc(CNS(=O)(=O)c2cc(C(=O)O)ccc2Cl)c(C)c1. The van der Waals surface area contributed by atoms with Gasteiger partial charge in [0, 0.05) is 6.54 Å². The van der Waals surface area contributed by atoms with Crippen LogP contribution in [0.1, 0.15) is 21.5 Å². The molecular weight excluding hydrogens is 354 g/mol. The molecule has 0 heterocycles. The maximum absolute atomic E-state index is 12.4. The first kappa shape index (κ1) is 18.3. The monoisotopic (exact) mass is 369 g/mol. The number of carboxylic acid groups (broad SMARTS) is 1. The van der Waals surface area contributed by atoms with Crippen LogP contribution in [0.4, 0.5) is 0 Å². The van der Waals surface area contributed by atoms with Crippen LogP contribution < -0.4 is 9.46 Å². The van der Waals surface area contributed by atoms with Gasteiger partial charge in [0.1, 0.15) is 10.6 Å². The van der Waals surface area contributed by atoms with Crippen molar-refractivity contribution in [1.82, 2.24) is 4.72 Å². The number of aryl methyl sites for hydroxylation is 1. The molecular formula is C16H16ClNO5S. The van der Waals surface area contributed by atoms with Crippen molar-refractivity contribution in [2.75, 3.05) is 7.11 Å². The van der Waals surface area contributed by atoms with Gasteiger partial charge in [-0.2, -0.15) is 0 Å². The van der Waals surface area contributed by atoms with E-state index in [0.717, 1.165) is 17.2 Å². The Morgan fingerprint density at radius 3 is 2.54 bits per heavy atom. The summed E-state index contributed by atoms with van der Waals surface area (Å²) in [4.78, 5) is 10.7. The van der Waals surface area contributed by atoms with Crippen LogP contribution in [-0.2, 0) is 16.6 Å². The Morgan fingerprint density at radius 2 is 1.96 bits per heavy atom. The van der Waals surface area contributed by atoms with Gasteiger partial charge in [-0.05, 0) is 48.4 Å². The number of hydrogen-bond donors (Lipinski definition) is 2. The molecule has 0 fully saturated rings. The van der Waals surface area contributed by atoms with Crippen LogP contribution in [0.5, 0.6) is 5.75 Å². The molecule has 2 rings (SSSR count). The molecule has 0 aliphatic rings. The Kier molecular flexibility index (Phi) is 5.48. The third-order valence-electron chi connectivity index (χ3n) is 3.47. The number of sulfonamides is 1. The zero-order valence-corrected chi connectivity index (χ0v) is 14.6. The highest BCUT2D eigenvalue weighted by Gasteiger charge is 2.20. The summed E-state index contributed by atoms with van der Waals surface area (Å²) in [5.41, 5.74) is 1.48. The van der Waals surface area contributed by atoms with Gasteiger partial charge >= 0.3 is 5.97 Å². The fourth-order valence-corrected chi connectivity index (χ4v) is 3.62. The average Bonchev–Trinajstić information content (AvgIpc) is 2.53. The molecule has 2 aromatic carbocycles. The van der Waals surface area contributed by atoms with Gasteiger partial charge < -0.3 is 9.84 Å².